The summed E-state index contributed by atoms with van der Waals surface area (Å²) in [6.07, 6.45) is 1.76. The van der Waals surface area contributed by atoms with Crippen LogP contribution in [0.4, 0.5) is 0 Å². The minimum atomic E-state index is 0. The standard InChI is InChI=1S/C18H27N5O3.HI/c1-5-19-18(22-12-17-23-13(2)14(3)26-17)21-11-15-6-7-16(20-10-15)25-9-8-24-4;/h6-7,10H,5,8-9,11-12H2,1-4H3,(H2,19,21,22);1H. The van der Waals surface area contributed by atoms with Gasteiger partial charge in [-0.05, 0) is 26.3 Å². The molecule has 2 rings (SSSR count). The number of halogens is 1. The highest BCUT2D eigenvalue weighted by molar-refractivity contribution is 14.0. The molecule has 2 aromatic heterocycles. The van der Waals surface area contributed by atoms with Gasteiger partial charge in [0.15, 0.2) is 5.96 Å². The second-order valence-corrected chi connectivity index (χ2v) is 5.64. The van der Waals surface area contributed by atoms with Crippen LogP contribution in [0.25, 0.3) is 0 Å². The first-order chi connectivity index (χ1) is 12.6. The number of pyridine rings is 1. The highest BCUT2D eigenvalue weighted by Crippen LogP contribution is 2.09. The van der Waals surface area contributed by atoms with E-state index in [-0.39, 0.29) is 24.0 Å². The summed E-state index contributed by atoms with van der Waals surface area (Å²) in [7, 11) is 1.64. The van der Waals surface area contributed by atoms with Crippen molar-refractivity contribution >= 4 is 29.9 Å². The first-order valence-corrected chi connectivity index (χ1v) is 8.64. The van der Waals surface area contributed by atoms with Gasteiger partial charge in [0.05, 0.1) is 25.4 Å². The second kappa shape index (κ2) is 12.5. The number of aromatic nitrogens is 2. The fourth-order valence-electron chi connectivity index (χ4n) is 2.11. The zero-order chi connectivity index (χ0) is 18.8. The third-order valence-electron chi connectivity index (χ3n) is 3.58. The molecule has 0 aliphatic carbocycles. The lowest BCUT2D eigenvalue weighted by Gasteiger charge is -2.10. The molecule has 0 unspecified atom stereocenters. The molecule has 9 heteroatoms. The summed E-state index contributed by atoms with van der Waals surface area (Å²) in [5.41, 5.74) is 1.90. The molecule has 0 amide bonds. The van der Waals surface area contributed by atoms with Gasteiger partial charge in [-0.15, -0.1) is 24.0 Å². The molecule has 150 valence electrons. The van der Waals surface area contributed by atoms with Crippen LogP contribution < -0.4 is 15.4 Å². The summed E-state index contributed by atoms with van der Waals surface area (Å²) in [5.74, 6) is 2.75. The smallest absolute Gasteiger partial charge is 0.214 e. The number of aryl methyl sites for hydroxylation is 2. The number of ether oxygens (including phenoxy) is 2. The SMILES string of the molecule is CCNC(=NCc1ccc(OCCOC)nc1)NCc1nc(C)c(C)o1.I. The van der Waals surface area contributed by atoms with Crippen LogP contribution in [0.2, 0.25) is 0 Å². The molecule has 2 heterocycles. The van der Waals surface area contributed by atoms with E-state index in [0.717, 1.165) is 23.6 Å². The van der Waals surface area contributed by atoms with Crippen molar-refractivity contribution in [3.05, 3.63) is 41.2 Å². The molecular weight excluding hydrogens is 461 g/mol. The predicted octanol–water partition coefficient (Wildman–Crippen LogP) is 2.58. The van der Waals surface area contributed by atoms with Gasteiger partial charge >= 0.3 is 0 Å². The monoisotopic (exact) mass is 489 g/mol. The van der Waals surface area contributed by atoms with Crippen molar-refractivity contribution in [2.75, 3.05) is 26.9 Å². The van der Waals surface area contributed by atoms with Gasteiger partial charge in [-0.2, -0.15) is 0 Å². The van der Waals surface area contributed by atoms with Crippen LogP contribution in [0, 0.1) is 13.8 Å². The Bertz CT molecular complexity index is 684. The summed E-state index contributed by atoms with van der Waals surface area (Å²) < 4.78 is 16.0. The van der Waals surface area contributed by atoms with Crippen LogP contribution in [0.3, 0.4) is 0 Å². The topological polar surface area (TPSA) is 93.8 Å². The number of nitrogens with one attached hydrogen (secondary N) is 2. The molecule has 27 heavy (non-hydrogen) atoms. The summed E-state index contributed by atoms with van der Waals surface area (Å²) >= 11 is 0. The minimum absolute atomic E-state index is 0. The van der Waals surface area contributed by atoms with Gasteiger partial charge in [-0.1, -0.05) is 6.07 Å². The van der Waals surface area contributed by atoms with Crippen molar-refractivity contribution in [3.8, 4) is 5.88 Å². The summed E-state index contributed by atoms with van der Waals surface area (Å²) in [6.45, 7) is 8.61. The van der Waals surface area contributed by atoms with Crippen LogP contribution in [-0.4, -0.2) is 42.8 Å². The number of guanidine groups is 1. The Labute approximate surface area is 177 Å². The third-order valence-corrected chi connectivity index (χ3v) is 3.58. The molecule has 0 aromatic carbocycles. The Morgan fingerprint density at radius 2 is 2.04 bits per heavy atom. The van der Waals surface area contributed by atoms with Gasteiger partial charge < -0.3 is 24.5 Å². The Balaban J connectivity index is 0.00000364. The molecule has 0 fully saturated rings. The van der Waals surface area contributed by atoms with E-state index in [1.54, 1.807) is 13.3 Å². The lowest BCUT2D eigenvalue weighted by molar-refractivity contribution is 0.143. The Hall–Kier alpha value is -1.88. The molecule has 0 saturated carbocycles. The van der Waals surface area contributed by atoms with Crippen molar-refractivity contribution in [3.63, 3.8) is 0 Å². The van der Waals surface area contributed by atoms with Crippen LogP contribution in [0.1, 0.15) is 29.8 Å². The van der Waals surface area contributed by atoms with Gasteiger partial charge in [0.2, 0.25) is 11.8 Å². The van der Waals surface area contributed by atoms with E-state index in [4.69, 9.17) is 13.9 Å². The van der Waals surface area contributed by atoms with Gasteiger partial charge in [0, 0.05) is 25.9 Å². The highest BCUT2D eigenvalue weighted by atomic mass is 127. The maximum Gasteiger partial charge on any atom is 0.214 e. The van der Waals surface area contributed by atoms with E-state index in [1.165, 1.54) is 0 Å². The van der Waals surface area contributed by atoms with Crippen molar-refractivity contribution in [1.29, 1.82) is 0 Å². The van der Waals surface area contributed by atoms with Gasteiger partial charge in [-0.25, -0.2) is 15.0 Å². The molecule has 2 aromatic rings. The van der Waals surface area contributed by atoms with Crippen LogP contribution >= 0.6 is 24.0 Å². The molecule has 0 atom stereocenters. The number of rotatable bonds is 9. The van der Waals surface area contributed by atoms with Crippen molar-refractivity contribution in [2.24, 2.45) is 4.99 Å². The second-order valence-electron chi connectivity index (χ2n) is 5.64. The van der Waals surface area contributed by atoms with Crippen LogP contribution in [-0.2, 0) is 17.8 Å². The fraction of sp³-hybridized carbons (Fsp3) is 0.500. The van der Waals surface area contributed by atoms with Crippen LogP contribution in [0.15, 0.2) is 27.7 Å². The molecule has 0 spiro atoms. The van der Waals surface area contributed by atoms with Gasteiger partial charge in [0.25, 0.3) is 0 Å². The summed E-state index contributed by atoms with van der Waals surface area (Å²) in [6, 6.07) is 3.78. The highest BCUT2D eigenvalue weighted by Gasteiger charge is 2.06. The Kier molecular flexibility index (Phi) is 10.7. The number of oxazole rings is 1. The number of methoxy groups -OCH3 is 1. The average molecular weight is 489 g/mol. The molecule has 2 N–H and O–H groups in total. The summed E-state index contributed by atoms with van der Waals surface area (Å²) in [5, 5.41) is 6.42. The minimum Gasteiger partial charge on any atom is -0.475 e. The predicted molar refractivity (Wildman–Crippen MR) is 115 cm³/mol. The van der Waals surface area contributed by atoms with E-state index < -0.39 is 0 Å². The molecule has 8 nitrogen and oxygen atoms in total. The van der Waals surface area contributed by atoms with E-state index in [1.807, 2.05) is 32.9 Å². The Morgan fingerprint density at radius 3 is 2.63 bits per heavy atom. The van der Waals surface area contributed by atoms with Gasteiger partial charge in [-0.3, -0.25) is 0 Å². The molecular formula is C18H28IN5O3. The number of nitrogens with zero attached hydrogens (tertiary/aromatic N) is 3. The zero-order valence-electron chi connectivity index (χ0n) is 16.2. The number of hydrogen-bond acceptors (Lipinski definition) is 6. The molecule has 0 aliphatic heterocycles. The maximum absolute atomic E-state index is 5.57. The van der Waals surface area contributed by atoms with E-state index in [2.05, 4.69) is 25.6 Å². The van der Waals surface area contributed by atoms with E-state index in [9.17, 15) is 0 Å². The largest absolute Gasteiger partial charge is 0.475 e. The molecule has 0 radical (unpaired) electrons. The number of hydrogen-bond donors (Lipinski definition) is 2. The normalized spacial score (nSPS) is 11.0. The third kappa shape index (κ3) is 8.12. The average Bonchev–Trinajstić information content (AvgIpc) is 2.96. The van der Waals surface area contributed by atoms with Crippen molar-refractivity contribution in [2.45, 2.75) is 33.9 Å². The van der Waals surface area contributed by atoms with Crippen molar-refractivity contribution in [1.82, 2.24) is 20.6 Å². The van der Waals surface area contributed by atoms with Gasteiger partial charge in [0.1, 0.15) is 12.4 Å². The molecule has 0 aliphatic rings. The van der Waals surface area contributed by atoms with Crippen LogP contribution in [0.5, 0.6) is 5.88 Å². The Morgan fingerprint density at radius 1 is 1.22 bits per heavy atom. The number of aliphatic imine (C=N–C) groups is 1. The maximum atomic E-state index is 5.57. The van der Waals surface area contributed by atoms with Crippen molar-refractivity contribution < 1.29 is 13.9 Å². The lowest BCUT2D eigenvalue weighted by Crippen LogP contribution is -2.36. The quantitative estimate of drug-likeness (QED) is 0.242. The zero-order valence-corrected chi connectivity index (χ0v) is 18.6. The van der Waals surface area contributed by atoms with E-state index >= 15 is 0 Å². The fourth-order valence-corrected chi connectivity index (χ4v) is 2.11. The molecule has 0 bridgehead atoms. The van der Waals surface area contributed by atoms with E-state index in [0.29, 0.717) is 44.0 Å². The lowest BCUT2D eigenvalue weighted by atomic mass is 10.3. The summed E-state index contributed by atoms with van der Waals surface area (Å²) in [4.78, 5) is 13.2. The molecule has 0 saturated heterocycles. The first-order valence-electron chi connectivity index (χ1n) is 8.64. The first kappa shape index (κ1) is 23.2.